The van der Waals surface area contributed by atoms with Gasteiger partial charge in [-0.05, 0) is 35.7 Å². The molecule has 0 saturated heterocycles. The fourth-order valence-electron chi connectivity index (χ4n) is 1.81. The molecule has 7 heteroatoms. The Balaban J connectivity index is 1.97. The van der Waals surface area contributed by atoms with Crippen molar-refractivity contribution in [3.05, 3.63) is 42.0 Å². The van der Waals surface area contributed by atoms with Gasteiger partial charge in [-0.3, -0.25) is 0 Å². The van der Waals surface area contributed by atoms with Crippen LogP contribution < -0.4 is 4.74 Å². The minimum absolute atomic E-state index is 0.252. The van der Waals surface area contributed by atoms with Crippen LogP contribution in [0.1, 0.15) is 0 Å². The predicted molar refractivity (Wildman–Crippen MR) is 69.5 cm³/mol. The van der Waals surface area contributed by atoms with Gasteiger partial charge >= 0.3 is 6.36 Å². The summed E-state index contributed by atoms with van der Waals surface area (Å²) in [5.74, 6) is -0.252. The number of hydrogen-bond acceptors (Lipinski definition) is 4. The van der Waals surface area contributed by atoms with Crippen molar-refractivity contribution >= 4 is 21.6 Å². The van der Waals surface area contributed by atoms with Crippen LogP contribution in [0, 0.1) is 0 Å². The normalized spacial score (nSPS) is 11.8. The van der Waals surface area contributed by atoms with E-state index in [1.54, 1.807) is 12.1 Å². The molecule has 2 aromatic heterocycles. The van der Waals surface area contributed by atoms with E-state index in [2.05, 4.69) is 14.7 Å². The van der Waals surface area contributed by atoms with Crippen LogP contribution in [-0.2, 0) is 0 Å². The molecule has 102 valence electrons. The lowest BCUT2D eigenvalue weighted by atomic mass is 10.1. The van der Waals surface area contributed by atoms with Crippen molar-refractivity contribution in [3.8, 4) is 17.0 Å². The fraction of sp³-hybridized carbons (Fsp3) is 0.0769. The Bertz CT molecular complexity index is 737. The molecule has 0 saturated carbocycles. The first-order valence-electron chi connectivity index (χ1n) is 5.57. The van der Waals surface area contributed by atoms with Crippen molar-refractivity contribution in [3.63, 3.8) is 0 Å². The van der Waals surface area contributed by atoms with Gasteiger partial charge in [0.1, 0.15) is 12.1 Å². The van der Waals surface area contributed by atoms with Gasteiger partial charge in [0.2, 0.25) is 0 Å². The number of aromatic nitrogens is 2. The van der Waals surface area contributed by atoms with Crippen LogP contribution in [0.4, 0.5) is 13.2 Å². The molecule has 0 amide bonds. The van der Waals surface area contributed by atoms with Gasteiger partial charge < -0.3 is 4.74 Å². The molecule has 0 radical (unpaired) electrons. The fourth-order valence-corrected chi connectivity index (χ4v) is 2.67. The van der Waals surface area contributed by atoms with E-state index in [9.17, 15) is 13.2 Å². The van der Waals surface area contributed by atoms with Crippen LogP contribution in [-0.4, -0.2) is 16.3 Å². The summed E-state index contributed by atoms with van der Waals surface area (Å²) in [5, 5.41) is 1.89. The minimum atomic E-state index is -4.68. The number of fused-ring (bicyclic) bond motifs is 1. The van der Waals surface area contributed by atoms with Gasteiger partial charge in [-0.15, -0.1) is 24.5 Å². The number of benzene rings is 1. The molecule has 0 spiro atoms. The second-order valence-electron chi connectivity index (χ2n) is 3.93. The first-order chi connectivity index (χ1) is 9.53. The van der Waals surface area contributed by atoms with E-state index in [4.69, 9.17) is 0 Å². The van der Waals surface area contributed by atoms with Gasteiger partial charge in [0.25, 0.3) is 0 Å². The molecule has 0 atom stereocenters. The Kier molecular flexibility index (Phi) is 3.06. The molecular weight excluding hydrogens is 289 g/mol. The van der Waals surface area contributed by atoms with Crippen LogP contribution >= 0.6 is 11.3 Å². The number of alkyl halides is 3. The van der Waals surface area contributed by atoms with Crippen molar-refractivity contribution in [2.24, 2.45) is 0 Å². The summed E-state index contributed by atoms with van der Waals surface area (Å²) in [6, 6.07) is 7.49. The van der Waals surface area contributed by atoms with Crippen molar-refractivity contribution in [1.82, 2.24) is 9.97 Å². The maximum Gasteiger partial charge on any atom is 0.573 e. The van der Waals surface area contributed by atoms with E-state index in [1.165, 1.54) is 29.8 Å². The second-order valence-corrected chi connectivity index (χ2v) is 4.85. The van der Waals surface area contributed by atoms with Crippen LogP contribution in [0.5, 0.6) is 5.75 Å². The first-order valence-corrected chi connectivity index (χ1v) is 6.45. The van der Waals surface area contributed by atoms with Crippen molar-refractivity contribution in [1.29, 1.82) is 0 Å². The largest absolute Gasteiger partial charge is 0.573 e. The molecule has 2 heterocycles. The zero-order valence-electron chi connectivity index (χ0n) is 9.89. The lowest BCUT2D eigenvalue weighted by Gasteiger charge is -2.09. The zero-order chi connectivity index (χ0) is 14.2. The second kappa shape index (κ2) is 4.75. The van der Waals surface area contributed by atoms with Crippen LogP contribution in [0.3, 0.4) is 0 Å². The Labute approximate surface area is 115 Å². The molecule has 0 aliphatic heterocycles. The summed E-state index contributed by atoms with van der Waals surface area (Å²) in [6.07, 6.45) is -3.25. The van der Waals surface area contributed by atoms with Crippen molar-refractivity contribution < 1.29 is 17.9 Å². The van der Waals surface area contributed by atoms with E-state index in [0.29, 0.717) is 5.69 Å². The molecule has 0 fully saturated rings. The minimum Gasteiger partial charge on any atom is -0.406 e. The summed E-state index contributed by atoms with van der Waals surface area (Å²) in [5.41, 5.74) is 2.23. The molecule has 20 heavy (non-hydrogen) atoms. The van der Waals surface area contributed by atoms with Crippen LogP contribution in [0.25, 0.3) is 21.5 Å². The summed E-state index contributed by atoms with van der Waals surface area (Å²) >= 11 is 1.49. The smallest absolute Gasteiger partial charge is 0.406 e. The quantitative estimate of drug-likeness (QED) is 0.709. The summed E-state index contributed by atoms with van der Waals surface area (Å²) < 4.78 is 41.0. The number of nitrogens with zero attached hydrogens (tertiary/aromatic N) is 2. The Morgan fingerprint density at radius 3 is 2.45 bits per heavy atom. The van der Waals surface area contributed by atoms with Gasteiger partial charge in [0, 0.05) is 5.56 Å². The molecule has 0 aliphatic carbocycles. The average molecular weight is 296 g/mol. The number of thiophene rings is 1. The molecule has 0 N–H and O–H groups in total. The molecule has 0 unspecified atom stereocenters. The molecule has 0 bridgehead atoms. The SMILES string of the molecule is FC(F)(F)Oc1ccc(-c2ncnc3ccsc23)cc1. The highest BCUT2D eigenvalue weighted by molar-refractivity contribution is 7.17. The monoisotopic (exact) mass is 296 g/mol. The lowest BCUT2D eigenvalue weighted by molar-refractivity contribution is -0.274. The highest BCUT2D eigenvalue weighted by atomic mass is 32.1. The lowest BCUT2D eigenvalue weighted by Crippen LogP contribution is -2.16. The molecule has 0 aliphatic rings. The van der Waals surface area contributed by atoms with E-state index in [1.807, 2.05) is 11.4 Å². The standard InChI is InChI=1S/C13H7F3N2OS/c14-13(15,16)19-9-3-1-8(2-4-9)11-12-10(5-6-20-12)17-7-18-11/h1-7H. The highest BCUT2D eigenvalue weighted by Crippen LogP contribution is 2.31. The molecule has 3 rings (SSSR count). The third-order valence-corrected chi connectivity index (χ3v) is 3.51. The van der Waals surface area contributed by atoms with Crippen LogP contribution in [0.15, 0.2) is 42.0 Å². The van der Waals surface area contributed by atoms with E-state index in [0.717, 1.165) is 15.8 Å². The molecular formula is C13H7F3N2OS. The maximum atomic E-state index is 12.1. The van der Waals surface area contributed by atoms with E-state index < -0.39 is 6.36 Å². The summed E-state index contributed by atoms with van der Waals surface area (Å²) in [4.78, 5) is 8.31. The molecule has 3 aromatic rings. The van der Waals surface area contributed by atoms with Crippen molar-refractivity contribution in [2.45, 2.75) is 6.36 Å². The number of rotatable bonds is 2. The molecule has 3 nitrogen and oxygen atoms in total. The zero-order valence-corrected chi connectivity index (χ0v) is 10.7. The topological polar surface area (TPSA) is 35.0 Å². The van der Waals surface area contributed by atoms with E-state index in [-0.39, 0.29) is 5.75 Å². The highest BCUT2D eigenvalue weighted by Gasteiger charge is 2.30. The van der Waals surface area contributed by atoms with Gasteiger partial charge in [-0.2, -0.15) is 0 Å². The third-order valence-electron chi connectivity index (χ3n) is 2.60. The van der Waals surface area contributed by atoms with Gasteiger partial charge in [0.05, 0.1) is 15.9 Å². The van der Waals surface area contributed by atoms with E-state index >= 15 is 0 Å². The van der Waals surface area contributed by atoms with Gasteiger partial charge in [0.15, 0.2) is 0 Å². The Morgan fingerprint density at radius 1 is 1.00 bits per heavy atom. The average Bonchev–Trinajstić information content (AvgIpc) is 2.86. The third kappa shape index (κ3) is 2.57. The van der Waals surface area contributed by atoms with Gasteiger partial charge in [-0.25, -0.2) is 9.97 Å². The Morgan fingerprint density at radius 2 is 1.75 bits per heavy atom. The van der Waals surface area contributed by atoms with Crippen molar-refractivity contribution in [2.75, 3.05) is 0 Å². The number of ether oxygens (including phenoxy) is 1. The maximum absolute atomic E-state index is 12.1. The van der Waals surface area contributed by atoms with Crippen LogP contribution in [0.2, 0.25) is 0 Å². The molecule has 1 aromatic carbocycles. The van der Waals surface area contributed by atoms with Gasteiger partial charge in [-0.1, -0.05) is 0 Å². The first kappa shape index (κ1) is 12.9. The number of hydrogen-bond donors (Lipinski definition) is 0. The summed E-state index contributed by atoms with van der Waals surface area (Å²) in [6.45, 7) is 0. The Hall–Kier alpha value is -2.15. The predicted octanol–water partition coefficient (Wildman–Crippen LogP) is 4.26. The number of halogens is 3. The summed E-state index contributed by atoms with van der Waals surface area (Å²) in [7, 11) is 0.